The molecule has 0 amide bonds. The molecular formula is C22H18S2Se. The summed E-state index contributed by atoms with van der Waals surface area (Å²) in [6.07, 6.45) is 4.81. The van der Waals surface area contributed by atoms with E-state index in [-0.39, 0.29) is 0 Å². The van der Waals surface area contributed by atoms with Crippen molar-refractivity contribution >= 4 is 47.4 Å². The summed E-state index contributed by atoms with van der Waals surface area (Å²) in [7, 11) is 0. The summed E-state index contributed by atoms with van der Waals surface area (Å²) in [5.74, 6) is 0. The molecule has 0 fully saturated rings. The first-order valence-electron chi connectivity index (χ1n) is 8.20. The summed E-state index contributed by atoms with van der Waals surface area (Å²) in [5, 5.41) is 0. The molecule has 2 heterocycles. The standard InChI is InChI=1S/C22H18S2Se/c1-15-16(2)24-22(23-15)19-13-20(17-9-5-3-6-10-17)25-21(14-19)18-11-7-4-8-12-18/h3-14H,1-2H3. The Kier molecular flexibility index (Phi) is 5.10. The number of hydrogen-bond acceptors (Lipinski definition) is 2. The van der Waals surface area contributed by atoms with Crippen molar-refractivity contribution in [3.63, 3.8) is 0 Å². The van der Waals surface area contributed by atoms with Crippen LogP contribution in [0, 0.1) is 0 Å². The molecule has 4 rings (SSSR count). The minimum absolute atomic E-state index is 0.318. The van der Waals surface area contributed by atoms with Gasteiger partial charge in [-0.15, -0.1) is 0 Å². The van der Waals surface area contributed by atoms with Gasteiger partial charge in [0, 0.05) is 0 Å². The summed E-state index contributed by atoms with van der Waals surface area (Å²) >= 11 is 4.15. The number of benzene rings is 2. The Balaban J connectivity index is 1.79. The van der Waals surface area contributed by atoms with E-state index in [1.807, 2.05) is 23.5 Å². The zero-order valence-corrected chi connectivity index (χ0v) is 17.5. The van der Waals surface area contributed by atoms with E-state index in [1.54, 1.807) is 0 Å². The van der Waals surface area contributed by atoms with Crippen LogP contribution in [0.3, 0.4) is 0 Å². The van der Waals surface area contributed by atoms with Gasteiger partial charge in [0.25, 0.3) is 0 Å². The fourth-order valence-corrected chi connectivity index (χ4v) is 7.49. The van der Waals surface area contributed by atoms with Gasteiger partial charge in [-0.2, -0.15) is 0 Å². The maximum absolute atomic E-state index is 2.41. The van der Waals surface area contributed by atoms with E-state index in [9.17, 15) is 0 Å². The minimum atomic E-state index is 0.318. The molecular weight excluding hydrogens is 407 g/mol. The summed E-state index contributed by atoms with van der Waals surface area (Å²) in [5.41, 5.74) is 4.05. The Morgan fingerprint density at radius 3 is 1.52 bits per heavy atom. The summed E-state index contributed by atoms with van der Waals surface area (Å²) in [4.78, 5) is 2.85. The molecule has 0 unspecified atom stereocenters. The summed E-state index contributed by atoms with van der Waals surface area (Å²) in [6, 6.07) is 21.6. The van der Waals surface area contributed by atoms with Gasteiger partial charge >= 0.3 is 165 Å². The first-order valence-corrected chi connectivity index (χ1v) is 11.5. The van der Waals surface area contributed by atoms with Crippen LogP contribution in [-0.4, -0.2) is 15.0 Å². The van der Waals surface area contributed by atoms with Crippen LogP contribution in [-0.2, 0) is 0 Å². The molecule has 0 spiro atoms. The molecule has 0 saturated heterocycles. The van der Waals surface area contributed by atoms with Crippen LogP contribution in [0.4, 0.5) is 0 Å². The first kappa shape index (κ1) is 17.1. The predicted octanol–water partition coefficient (Wildman–Crippen LogP) is 6.73. The number of allylic oxidation sites excluding steroid dienone is 5. The van der Waals surface area contributed by atoms with Crippen molar-refractivity contribution in [3.8, 4) is 0 Å². The van der Waals surface area contributed by atoms with Crippen molar-refractivity contribution in [3.05, 3.63) is 104 Å². The summed E-state index contributed by atoms with van der Waals surface area (Å²) < 4.78 is 4.33. The normalized spacial score (nSPS) is 17.7. The molecule has 2 aromatic rings. The van der Waals surface area contributed by atoms with E-state index in [1.165, 1.54) is 39.7 Å². The maximum atomic E-state index is 2.41. The Morgan fingerprint density at radius 2 is 1.08 bits per heavy atom. The van der Waals surface area contributed by atoms with Gasteiger partial charge in [-0.1, -0.05) is 0 Å². The second kappa shape index (κ2) is 7.47. The van der Waals surface area contributed by atoms with E-state index in [0.717, 1.165) is 0 Å². The number of thioether (sulfide) groups is 2. The molecule has 0 aromatic heterocycles. The van der Waals surface area contributed by atoms with Crippen molar-refractivity contribution in [2.45, 2.75) is 13.8 Å². The Morgan fingerprint density at radius 1 is 0.640 bits per heavy atom. The third kappa shape index (κ3) is 3.75. The van der Waals surface area contributed by atoms with E-state index in [2.05, 4.69) is 86.7 Å². The van der Waals surface area contributed by atoms with Crippen molar-refractivity contribution in [1.82, 2.24) is 0 Å². The Hall–Kier alpha value is -1.38. The van der Waals surface area contributed by atoms with Gasteiger partial charge in [-0.05, 0) is 0 Å². The van der Waals surface area contributed by atoms with Gasteiger partial charge in [0.15, 0.2) is 0 Å². The van der Waals surface area contributed by atoms with E-state index in [4.69, 9.17) is 0 Å². The van der Waals surface area contributed by atoms with Crippen molar-refractivity contribution < 1.29 is 0 Å². The fraction of sp³-hybridized carbons (Fsp3) is 0.0909. The van der Waals surface area contributed by atoms with Crippen LogP contribution >= 0.6 is 23.5 Å². The fourth-order valence-electron chi connectivity index (χ4n) is 2.67. The van der Waals surface area contributed by atoms with Crippen LogP contribution in [0.2, 0.25) is 0 Å². The van der Waals surface area contributed by atoms with Crippen LogP contribution in [0.15, 0.2) is 92.4 Å². The van der Waals surface area contributed by atoms with Crippen LogP contribution in [0.25, 0.3) is 8.94 Å². The van der Waals surface area contributed by atoms with Crippen LogP contribution in [0.1, 0.15) is 25.0 Å². The molecule has 0 nitrogen and oxygen atoms in total. The van der Waals surface area contributed by atoms with Crippen LogP contribution in [0.5, 0.6) is 0 Å². The van der Waals surface area contributed by atoms with Crippen molar-refractivity contribution in [2.75, 3.05) is 0 Å². The van der Waals surface area contributed by atoms with Gasteiger partial charge in [0.05, 0.1) is 0 Å². The molecule has 2 aliphatic heterocycles. The third-order valence-corrected chi connectivity index (χ3v) is 9.24. The molecule has 124 valence electrons. The molecule has 2 aliphatic rings. The molecule has 3 heteroatoms. The number of rotatable bonds is 2. The zero-order valence-electron chi connectivity index (χ0n) is 14.2. The van der Waals surface area contributed by atoms with Crippen LogP contribution < -0.4 is 0 Å². The molecule has 0 radical (unpaired) electrons. The molecule has 0 bridgehead atoms. The monoisotopic (exact) mass is 426 g/mol. The Labute approximate surface area is 164 Å². The average molecular weight is 425 g/mol. The molecule has 25 heavy (non-hydrogen) atoms. The molecule has 2 aromatic carbocycles. The van der Waals surface area contributed by atoms with Crippen molar-refractivity contribution in [1.29, 1.82) is 0 Å². The molecule has 0 aliphatic carbocycles. The number of hydrogen-bond donors (Lipinski definition) is 0. The SMILES string of the molecule is CC1=C(C)SC(=C2C=C(c3ccccc3)[Se]C(c3ccccc3)=C2)S1. The second-order valence-corrected chi connectivity index (χ2v) is 10.9. The predicted molar refractivity (Wildman–Crippen MR) is 115 cm³/mol. The molecule has 0 atom stereocenters. The Bertz CT molecular complexity index is 846. The zero-order chi connectivity index (χ0) is 17.2. The van der Waals surface area contributed by atoms with E-state index >= 15 is 0 Å². The quantitative estimate of drug-likeness (QED) is 0.489. The topological polar surface area (TPSA) is 0 Å². The molecule has 0 saturated carbocycles. The van der Waals surface area contributed by atoms with Gasteiger partial charge in [0.2, 0.25) is 0 Å². The molecule has 0 N–H and O–H groups in total. The van der Waals surface area contributed by atoms with Gasteiger partial charge in [-0.25, -0.2) is 0 Å². The van der Waals surface area contributed by atoms with Gasteiger partial charge in [0.1, 0.15) is 0 Å². The van der Waals surface area contributed by atoms with Crippen molar-refractivity contribution in [2.24, 2.45) is 0 Å². The summed E-state index contributed by atoms with van der Waals surface area (Å²) in [6.45, 7) is 4.44. The van der Waals surface area contributed by atoms with Gasteiger partial charge < -0.3 is 0 Å². The first-order chi connectivity index (χ1) is 12.2. The average Bonchev–Trinajstić information content (AvgIpc) is 3.02. The van der Waals surface area contributed by atoms with E-state index in [0.29, 0.717) is 15.0 Å². The van der Waals surface area contributed by atoms with E-state index < -0.39 is 0 Å². The third-order valence-electron chi connectivity index (χ3n) is 4.13. The second-order valence-electron chi connectivity index (χ2n) is 5.91. The van der Waals surface area contributed by atoms with Gasteiger partial charge in [-0.3, -0.25) is 0 Å².